The van der Waals surface area contributed by atoms with Gasteiger partial charge in [0, 0.05) is 18.0 Å². The second kappa shape index (κ2) is 5.18. The minimum Gasteiger partial charge on any atom is -0.493 e. The van der Waals surface area contributed by atoms with Gasteiger partial charge in [0.1, 0.15) is 0 Å². The van der Waals surface area contributed by atoms with E-state index in [9.17, 15) is 0 Å². The number of ether oxygens (including phenoxy) is 2. The highest BCUT2D eigenvalue weighted by molar-refractivity contribution is 6.30. The number of nitrogen functional groups attached to an aromatic ring is 1. The van der Waals surface area contributed by atoms with Gasteiger partial charge in [0.15, 0.2) is 17.1 Å². The van der Waals surface area contributed by atoms with Crippen LogP contribution in [0.25, 0.3) is 16.9 Å². The van der Waals surface area contributed by atoms with Gasteiger partial charge in [0.05, 0.1) is 30.6 Å². The molecule has 0 atom stereocenters. The van der Waals surface area contributed by atoms with E-state index in [-0.39, 0.29) is 0 Å². The molecular formula is C15H14ClN3O2. The van der Waals surface area contributed by atoms with Gasteiger partial charge in [-0.1, -0.05) is 11.6 Å². The molecule has 0 bridgehead atoms. The molecular weight excluding hydrogens is 290 g/mol. The maximum atomic E-state index is 6.00. The van der Waals surface area contributed by atoms with Crippen molar-refractivity contribution in [2.24, 2.45) is 0 Å². The van der Waals surface area contributed by atoms with Crippen LogP contribution in [-0.4, -0.2) is 23.6 Å². The third-order valence-electron chi connectivity index (χ3n) is 3.23. The van der Waals surface area contributed by atoms with E-state index >= 15 is 0 Å². The first-order valence-corrected chi connectivity index (χ1v) is 6.66. The van der Waals surface area contributed by atoms with Crippen molar-refractivity contribution in [1.29, 1.82) is 0 Å². The predicted octanol–water partition coefficient (Wildman–Crippen LogP) is 3.25. The van der Waals surface area contributed by atoms with Gasteiger partial charge in [-0.3, -0.25) is 0 Å². The van der Waals surface area contributed by atoms with E-state index in [2.05, 4.69) is 4.98 Å². The Morgan fingerprint density at radius 2 is 1.86 bits per heavy atom. The Morgan fingerprint density at radius 1 is 1.10 bits per heavy atom. The first kappa shape index (κ1) is 13.6. The van der Waals surface area contributed by atoms with Crippen molar-refractivity contribution >= 4 is 22.9 Å². The SMILES string of the molecule is COc1ccc(-c2cn3cc(Cl)cc(N)c3n2)cc1OC. The normalized spacial score (nSPS) is 10.8. The summed E-state index contributed by atoms with van der Waals surface area (Å²) in [5.74, 6) is 1.32. The van der Waals surface area contributed by atoms with Crippen LogP contribution in [0.2, 0.25) is 5.02 Å². The van der Waals surface area contributed by atoms with E-state index in [0.29, 0.717) is 27.9 Å². The Morgan fingerprint density at radius 3 is 2.57 bits per heavy atom. The van der Waals surface area contributed by atoms with Crippen LogP contribution in [0.1, 0.15) is 0 Å². The first-order chi connectivity index (χ1) is 10.1. The summed E-state index contributed by atoms with van der Waals surface area (Å²) in [4.78, 5) is 4.54. The fourth-order valence-corrected chi connectivity index (χ4v) is 2.45. The Bertz CT molecular complexity index is 814. The van der Waals surface area contributed by atoms with Gasteiger partial charge in [-0.2, -0.15) is 0 Å². The van der Waals surface area contributed by atoms with Crippen LogP contribution in [0.3, 0.4) is 0 Å². The Hall–Kier alpha value is -2.40. The van der Waals surface area contributed by atoms with Gasteiger partial charge in [0.2, 0.25) is 0 Å². The van der Waals surface area contributed by atoms with Crippen molar-refractivity contribution in [3.63, 3.8) is 0 Å². The highest BCUT2D eigenvalue weighted by Crippen LogP contribution is 2.32. The summed E-state index contributed by atoms with van der Waals surface area (Å²) in [6.07, 6.45) is 3.64. The van der Waals surface area contributed by atoms with Crippen molar-refractivity contribution in [2.75, 3.05) is 20.0 Å². The number of imidazole rings is 1. The molecule has 21 heavy (non-hydrogen) atoms. The number of methoxy groups -OCH3 is 2. The number of pyridine rings is 1. The molecule has 0 aliphatic carbocycles. The summed E-state index contributed by atoms with van der Waals surface area (Å²) in [6.45, 7) is 0. The molecule has 2 heterocycles. The number of nitrogens with zero attached hydrogens (tertiary/aromatic N) is 2. The van der Waals surface area contributed by atoms with Crippen LogP contribution in [-0.2, 0) is 0 Å². The summed E-state index contributed by atoms with van der Waals surface area (Å²) < 4.78 is 12.4. The van der Waals surface area contributed by atoms with Crippen LogP contribution in [0.4, 0.5) is 5.69 Å². The van der Waals surface area contributed by atoms with Crippen LogP contribution in [0, 0.1) is 0 Å². The lowest BCUT2D eigenvalue weighted by Gasteiger charge is -2.08. The molecule has 0 saturated carbocycles. The highest BCUT2D eigenvalue weighted by atomic mass is 35.5. The summed E-state index contributed by atoms with van der Waals surface area (Å²) >= 11 is 6.00. The van der Waals surface area contributed by atoms with Crippen molar-refractivity contribution < 1.29 is 9.47 Å². The fraction of sp³-hybridized carbons (Fsp3) is 0.133. The molecule has 108 valence electrons. The Labute approximate surface area is 126 Å². The third-order valence-corrected chi connectivity index (χ3v) is 3.43. The van der Waals surface area contributed by atoms with Crippen molar-refractivity contribution in [3.8, 4) is 22.8 Å². The maximum Gasteiger partial charge on any atom is 0.161 e. The lowest BCUT2D eigenvalue weighted by Crippen LogP contribution is -1.91. The largest absolute Gasteiger partial charge is 0.493 e. The van der Waals surface area contributed by atoms with E-state index in [4.69, 9.17) is 26.8 Å². The Kier molecular flexibility index (Phi) is 3.35. The minimum atomic E-state index is 0.536. The highest BCUT2D eigenvalue weighted by Gasteiger charge is 2.11. The Balaban J connectivity index is 2.14. The standard InChI is InChI=1S/C15H14ClN3O2/c1-20-13-4-3-9(5-14(13)21-2)12-8-19-7-10(16)6-11(17)15(19)18-12/h3-8H,17H2,1-2H3. The topological polar surface area (TPSA) is 61.8 Å². The van der Waals surface area contributed by atoms with Crippen LogP contribution >= 0.6 is 11.6 Å². The van der Waals surface area contributed by atoms with Crippen molar-refractivity contribution in [3.05, 3.63) is 41.7 Å². The van der Waals surface area contributed by atoms with E-state index in [1.54, 1.807) is 26.5 Å². The molecule has 6 heteroatoms. The molecule has 0 radical (unpaired) electrons. The van der Waals surface area contributed by atoms with Gasteiger partial charge >= 0.3 is 0 Å². The van der Waals surface area contributed by atoms with Gasteiger partial charge in [-0.05, 0) is 24.3 Å². The molecule has 0 aliphatic rings. The number of halogens is 1. The summed E-state index contributed by atoms with van der Waals surface area (Å²) in [5, 5.41) is 0.566. The lowest BCUT2D eigenvalue weighted by atomic mass is 10.1. The fourth-order valence-electron chi connectivity index (χ4n) is 2.22. The van der Waals surface area contributed by atoms with E-state index in [1.165, 1.54) is 0 Å². The third kappa shape index (κ3) is 2.36. The predicted molar refractivity (Wildman–Crippen MR) is 83.2 cm³/mol. The van der Waals surface area contributed by atoms with E-state index in [0.717, 1.165) is 11.3 Å². The lowest BCUT2D eigenvalue weighted by molar-refractivity contribution is 0.355. The molecule has 2 aromatic heterocycles. The number of nitrogens with two attached hydrogens (primary N) is 1. The zero-order chi connectivity index (χ0) is 15.0. The number of anilines is 1. The second-order valence-corrected chi connectivity index (χ2v) is 4.98. The number of hydrogen-bond donors (Lipinski definition) is 1. The molecule has 5 nitrogen and oxygen atoms in total. The molecule has 3 aromatic rings. The number of fused-ring (bicyclic) bond motifs is 1. The summed E-state index contributed by atoms with van der Waals surface area (Å²) in [7, 11) is 3.20. The number of benzene rings is 1. The molecule has 0 amide bonds. The van der Waals surface area contributed by atoms with Crippen molar-refractivity contribution in [2.45, 2.75) is 0 Å². The van der Waals surface area contributed by atoms with Crippen LogP contribution in [0.5, 0.6) is 11.5 Å². The van der Waals surface area contributed by atoms with E-state index < -0.39 is 0 Å². The molecule has 0 saturated heterocycles. The molecule has 1 aromatic carbocycles. The monoisotopic (exact) mass is 303 g/mol. The smallest absolute Gasteiger partial charge is 0.161 e. The number of rotatable bonds is 3. The quantitative estimate of drug-likeness (QED) is 0.807. The molecule has 0 fully saturated rings. The number of hydrogen-bond acceptors (Lipinski definition) is 4. The molecule has 3 rings (SSSR count). The molecule has 0 spiro atoms. The summed E-state index contributed by atoms with van der Waals surface area (Å²) in [6, 6.07) is 7.32. The number of aromatic nitrogens is 2. The zero-order valence-corrected chi connectivity index (χ0v) is 12.4. The second-order valence-electron chi connectivity index (χ2n) is 4.54. The van der Waals surface area contributed by atoms with Gasteiger partial charge in [-0.15, -0.1) is 0 Å². The van der Waals surface area contributed by atoms with Gasteiger partial charge in [0.25, 0.3) is 0 Å². The average molecular weight is 304 g/mol. The first-order valence-electron chi connectivity index (χ1n) is 6.28. The van der Waals surface area contributed by atoms with Gasteiger partial charge in [-0.25, -0.2) is 4.98 Å². The molecule has 0 aliphatic heterocycles. The molecule has 0 unspecified atom stereocenters. The van der Waals surface area contributed by atoms with Crippen LogP contribution < -0.4 is 15.2 Å². The average Bonchev–Trinajstić information content (AvgIpc) is 2.90. The van der Waals surface area contributed by atoms with Crippen LogP contribution in [0.15, 0.2) is 36.7 Å². The van der Waals surface area contributed by atoms with Crippen molar-refractivity contribution in [1.82, 2.24) is 9.38 Å². The summed E-state index contributed by atoms with van der Waals surface area (Å²) in [5.41, 5.74) is 8.84. The van der Waals surface area contributed by atoms with E-state index in [1.807, 2.05) is 28.8 Å². The minimum absolute atomic E-state index is 0.536. The van der Waals surface area contributed by atoms with Gasteiger partial charge < -0.3 is 19.6 Å². The zero-order valence-electron chi connectivity index (χ0n) is 11.6. The molecule has 2 N–H and O–H groups in total. The maximum absolute atomic E-state index is 6.00.